The second-order valence-corrected chi connectivity index (χ2v) is 8.88. The molecule has 34 heavy (non-hydrogen) atoms. The number of amides is 3. The van der Waals surface area contributed by atoms with E-state index in [0.29, 0.717) is 18.5 Å². The lowest BCUT2D eigenvalue weighted by Gasteiger charge is -2.27. The molecular weight excluding hydrogens is 444 g/mol. The molecule has 0 saturated carbocycles. The molecule has 0 aliphatic carbocycles. The van der Waals surface area contributed by atoms with Crippen LogP contribution in [0, 0.1) is 5.92 Å². The van der Waals surface area contributed by atoms with Crippen molar-refractivity contribution in [3.63, 3.8) is 0 Å². The van der Waals surface area contributed by atoms with E-state index in [0.717, 1.165) is 6.42 Å². The lowest BCUT2D eigenvalue weighted by molar-refractivity contribution is -0.145. The van der Waals surface area contributed by atoms with E-state index in [4.69, 9.17) is 0 Å². The summed E-state index contributed by atoms with van der Waals surface area (Å²) in [4.78, 5) is 50.0. The standard InChI is InChI=1S/C23H34N4O7/c1-12(2)18(22(32)27-19(13(3)28)23(33)34)26-21(31)17(11-14-6-8-15(29)9-7-14)25-20(30)16-5-4-10-24-16/h6-9,12-13,16-19,24,28-29H,4-5,10-11H2,1-3H3,(H,25,30)(H,26,31)(H,27,32)(H,33,34). The predicted octanol–water partition coefficient (Wildman–Crippen LogP) is -0.737. The molecule has 7 N–H and O–H groups in total. The van der Waals surface area contributed by atoms with Crippen molar-refractivity contribution in [1.29, 1.82) is 0 Å². The number of nitrogens with one attached hydrogen (secondary N) is 4. The van der Waals surface area contributed by atoms with Crippen molar-refractivity contribution in [3.8, 4) is 5.75 Å². The Kier molecular flexibility index (Phi) is 9.82. The predicted molar refractivity (Wildman–Crippen MR) is 123 cm³/mol. The maximum atomic E-state index is 13.2. The first-order valence-electron chi connectivity index (χ1n) is 11.3. The highest BCUT2D eigenvalue weighted by Crippen LogP contribution is 2.13. The highest BCUT2D eigenvalue weighted by Gasteiger charge is 2.34. The Hall–Kier alpha value is -3.18. The van der Waals surface area contributed by atoms with Gasteiger partial charge >= 0.3 is 5.97 Å². The van der Waals surface area contributed by atoms with E-state index in [1.54, 1.807) is 26.0 Å². The Morgan fingerprint density at radius 1 is 1.00 bits per heavy atom. The molecule has 1 aliphatic rings. The highest BCUT2D eigenvalue weighted by atomic mass is 16.4. The number of aliphatic hydroxyl groups excluding tert-OH is 1. The lowest BCUT2D eigenvalue weighted by Crippen LogP contribution is -2.59. The van der Waals surface area contributed by atoms with Crippen molar-refractivity contribution in [2.45, 2.75) is 70.3 Å². The number of carbonyl (C=O) groups is 4. The number of hydrogen-bond donors (Lipinski definition) is 7. The summed E-state index contributed by atoms with van der Waals surface area (Å²) in [5, 5.41) is 39.1. The molecule has 11 nitrogen and oxygen atoms in total. The fourth-order valence-corrected chi connectivity index (χ4v) is 3.68. The third kappa shape index (κ3) is 7.70. The number of aliphatic hydroxyl groups is 1. The van der Waals surface area contributed by atoms with Gasteiger partial charge < -0.3 is 36.6 Å². The SMILES string of the molecule is CC(C)C(NC(=O)C(Cc1ccc(O)cc1)NC(=O)C1CCCN1)C(=O)NC(C(=O)O)C(C)O. The monoisotopic (exact) mass is 478 g/mol. The maximum Gasteiger partial charge on any atom is 0.328 e. The zero-order valence-corrected chi connectivity index (χ0v) is 19.6. The Balaban J connectivity index is 2.18. The molecule has 1 fully saturated rings. The van der Waals surface area contributed by atoms with Crippen LogP contribution < -0.4 is 21.3 Å². The molecule has 2 rings (SSSR count). The quantitative estimate of drug-likeness (QED) is 0.217. The van der Waals surface area contributed by atoms with Gasteiger partial charge in [0.05, 0.1) is 12.1 Å². The van der Waals surface area contributed by atoms with Gasteiger partial charge in [-0.2, -0.15) is 0 Å². The smallest absolute Gasteiger partial charge is 0.328 e. The van der Waals surface area contributed by atoms with Gasteiger partial charge in [-0.1, -0.05) is 26.0 Å². The van der Waals surface area contributed by atoms with Gasteiger partial charge in [-0.25, -0.2) is 4.79 Å². The van der Waals surface area contributed by atoms with Crippen molar-refractivity contribution in [1.82, 2.24) is 21.3 Å². The fraction of sp³-hybridized carbons (Fsp3) is 0.565. The minimum Gasteiger partial charge on any atom is -0.508 e. The number of carboxylic acid groups (broad SMARTS) is 1. The zero-order valence-electron chi connectivity index (χ0n) is 19.6. The van der Waals surface area contributed by atoms with E-state index < -0.39 is 54.0 Å². The number of carbonyl (C=O) groups excluding carboxylic acids is 3. The third-order valence-electron chi connectivity index (χ3n) is 5.68. The number of phenolic OH excluding ortho intramolecular Hbond substituents is 1. The molecule has 11 heteroatoms. The van der Waals surface area contributed by atoms with Gasteiger partial charge in [0.2, 0.25) is 17.7 Å². The number of aliphatic carboxylic acids is 1. The average Bonchev–Trinajstić information content (AvgIpc) is 3.31. The van der Waals surface area contributed by atoms with E-state index >= 15 is 0 Å². The number of carboxylic acids is 1. The van der Waals surface area contributed by atoms with E-state index in [1.807, 2.05) is 0 Å². The van der Waals surface area contributed by atoms with Crippen LogP contribution in [0.1, 0.15) is 39.2 Å². The van der Waals surface area contributed by atoms with Crippen LogP contribution in [0.25, 0.3) is 0 Å². The molecule has 1 aromatic carbocycles. The number of hydrogen-bond acceptors (Lipinski definition) is 7. The van der Waals surface area contributed by atoms with Crippen LogP contribution in [0.5, 0.6) is 5.75 Å². The molecular formula is C23H34N4O7. The van der Waals surface area contributed by atoms with Crippen molar-refractivity contribution in [3.05, 3.63) is 29.8 Å². The molecule has 1 aromatic rings. The summed E-state index contributed by atoms with van der Waals surface area (Å²) in [5.41, 5.74) is 0.684. The van der Waals surface area contributed by atoms with Gasteiger partial charge in [-0.05, 0) is 49.9 Å². The lowest BCUT2D eigenvalue weighted by atomic mass is 10.00. The van der Waals surface area contributed by atoms with Crippen LogP contribution in [0.3, 0.4) is 0 Å². The summed E-state index contributed by atoms with van der Waals surface area (Å²) in [5.74, 6) is -3.46. The molecule has 0 aromatic heterocycles. The topological polar surface area (TPSA) is 177 Å². The van der Waals surface area contributed by atoms with Crippen LogP contribution in [-0.4, -0.2) is 75.8 Å². The molecule has 0 radical (unpaired) electrons. The Morgan fingerprint density at radius 2 is 1.62 bits per heavy atom. The first kappa shape index (κ1) is 27.1. The van der Waals surface area contributed by atoms with Gasteiger partial charge in [-0.3, -0.25) is 14.4 Å². The average molecular weight is 479 g/mol. The summed E-state index contributed by atoms with van der Waals surface area (Å²) in [6, 6.07) is 2.13. The van der Waals surface area contributed by atoms with Gasteiger partial charge in [-0.15, -0.1) is 0 Å². The van der Waals surface area contributed by atoms with E-state index in [-0.39, 0.29) is 18.1 Å². The molecule has 188 valence electrons. The third-order valence-corrected chi connectivity index (χ3v) is 5.68. The van der Waals surface area contributed by atoms with Gasteiger partial charge in [0.15, 0.2) is 6.04 Å². The second kappa shape index (κ2) is 12.3. The Bertz CT molecular complexity index is 867. The zero-order chi connectivity index (χ0) is 25.4. The van der Waals surface area contributed by atoms with Crippen LogP contribution in [-0.2, 0) is 25.6 Å². The van der Waals surface area contributed by atoms with Gasteiger partial charge in [0.25, 0.3) is 0 Å². The Morgan fingerprint density at radius 3 is 2.12 bits per heavy atom. The molecule has 5 unspecified atom stereocenters. The molecule has 1 heterocycles. The minimum atomic E-state index is -1.54. The molecule has 3 amide bonds. The fourth-order valence-electron chi connectivity index (χ4n) is 3.68. The molecule has 5 atom stereocenters. The molecule has 1 saturated heterocycles. The number of benzene rings is 1. The van der Waals surface area contributed by atoms with E-state index in [1.165, 1.54) is 19.1 Å². The number of aromatic hydroxyl groups is 1. The second-order valence-electron chi connectivity index (χ2n) is 8.88. The van der Waals surface area contributed by atoms with Gasteiger partial charge in [0, 0.05) is 6.42 Å². The Labute approximate surface area is 198 Å². The van der Waals surface area contributed by atoms with Crippen molar-refractivity contribution >= 4 is 23.7 Å². The summed E-state index contributed by atoms with van der Waals surface area (Å²) in [7, 11) is 0. The molecule has 1 aliphatic heterocycles. The largest absolute Gasteiger partial charge is 0.508 e. The van der Waals surface area contributed by atoms with Crippen molar-refractivity contribution in [2.24, 2.45) is 5.92 Å². The summed E-state index contributed by atoms with van der Waals surface area (Å²) >= 11 is 0. The first-order chi connectivity index (χ1) is 16.0. The minimum absolute atomic E-state index is 0.0616. The summed E-state index contributed by atoms with van der Waals surface area (Å²) in [6.45, 7) is 5.30. The molecule has 0 spiro atoms. The van der Waals surface area contributed by atoms with Crippen LogP contribution in [0.4, 0.5) is 0 Å². The van der Waals surface area contributed by atoms with Gasteiger partial charge in [0.1, 0.15) is 17.8 Å². The maximum absolute atomic E-state index is 13.2. The highest BCUT2D eigenvalue weighted by molar-refractivity contribution is 5.94. The van der Waals surface area contributed by atoms with Crippen LogP contribution in [0.15, 0.2) is 24.3 Å². The first-order valence-corrected chi connectivity index (χ1v) is 11.3. The molecule has 0 bridgehead atoms. The summed E-state index contributed by atoms with van der Waals surface area (Å²) in [6.07, 6.45) is 0.260. The van der Waals surface area contributed by atoms with Crippen molar-refractivity contribution < 1.29 is 34.5 Å². The summed E-state index contributed by atoms with van der Waals surface area (Å²) < 4.78 is 0. The van der Waals surface area contributed by atoms with Crippen LogP contribution >= 0.6 is 0 Å². The normalized spacial score (nSPS) is 19.0. The van der Waals surface area contributed by atoms with E-state index in [2.05, 4.69) is 21.3 Å². The number of rotatable bonds is 11. The number of phenols is 1. The van der Waals surface area contributed by atoms with Crippen LogP contribution in [0.2, 0.25) is 0 Å². The van der Waals surface area contributed by atoms with Crippen molar-refractivity contribution in [2.75, 3.05) is 6.54 Å². The van der Waals surface area contributed by atoms with E-state index in [9.17, 15) is 34.5 Å².